The normalized spacial score (nSPS) is 14.8. The lowest BCUT2D eigenvalue weighted by Crippen LogP contribution is -2.25. The summed E-state index contributed by atoms with van der Waals surface area (Å²) in [6.07, 6.45) is -3.61. The first kappa shape index (κ1) is 20.9. The maximum absolute atomic E-state index is 13.2. The molecule has 1 aliphatic heterocycles. The Morgan fingerprint density at radius 3 is 2.22 bits per heavy atom. The van der Waals surface area contributed by atoms with Gasteiger partial charge in [0.05, 0.1) is 0 Å². The first-order chi connectivity index (χ1) is 12.7. The number of hydrogen-bond acceptors (Lipinski definition) is 5. The number of benzene rings is 2. The lowest BCUT2D eigenvalue weighted by Gasteiger charge is -2.10. The number of thiol groups is 1. The number of nitrogens with two attached hydrogens (primary N) is 1. The molecule has 0 radical (unpaired) electrons. The molecular weight excluding hydrogens is 370 g/mol. The van der Waals surface area contributed by atoms with E-state index in [4.69, 9.17) is 5.73 Å². The molecule has 0 amide bonds. The van der Waals surface area contributed by atoms with Gasteiger partial charge in [-0.2, -0.15) is 0 Å². The molecule has 0 saturated carbocycles. The molecule has 146 valence electrons. The van der Waals surface area contributed by atoms with Crippen molar-refractivity contribution in [3.8, 4) is 22.6 Å². The van der Waals surface area contributed by atoms with Gasteiger partial charge < -0.3 is 20.5 Å². The zero-order valence-corrected chi connectivity index (χ0v) is 16.7. The highest BCUT2D eigenvalue weighted by molar-refractivity contribution is 7.84. The highest BCUT2D eigenvalue weighted by Crippen LogP contribution is 2.44. The first-order valence-electron chi connectivity index (χ1n) is 8.64. The van der Waals surface area contributed by atoms with Gasteiger partial charge in [-0.3, -0.25) is 0 Å². The molecule has 2 aromatic rings. The summed E-state index contributed by atoms with van der Waals surface area (Å²) >= 11 is 4.30. The Labute approximate surface area is 163 Å². The van der Waals surface area contributed by atoms with Gasteiger partial charge in [-0.1, -0.05) is 26.0 Å². The molecule has 0 spiro atoms. The number of anilines is 1. The summed E-state index contributed by atoms with van der Waals surface area (Å²) in [5.41, 5.74) is 9.75. The van der Waals surface area contributed by atoms with Crippen LogP contribution in [0.1, 0.15) is 26.3 Å². The summed E-state index contributed by atoms with van der Waals surface area (Å²) in [5, 5.41) is 3.21. The van der Waals surface area contributed by atoms with E-state index in [1.165, 1.54) is 0 Å². The number of ether oxygens (including phenoxy) is 2. The molecule has 3 N–H and O–H groups in total. The van der Waals surface area contributed by atoms with Gasteiger partial charge in [0.15, 0.2) is 11.5 Å². The lowest BCUT2D eigenvalue weighted by atomic mass is 9.99. The molecule has 0 unspecified atom stereocenters. The molecule has 2 aromatic carbocycles. The second-order valence-corrected chi connectivity index (χ2v) is 6.38. The molecule has 0 fully saturated rings. The number of nitrogens with one attached hydrogen (secondary N) is 1. The molecule has 0 aromatic heterocycles. The molecule has 0 bridgehead atoms. The minimum absolute atomic E-state index is 0.0380. The molecule has 0 saturated heterocycles. The van der Waals surface area contributed by atoms with Crippen LogP contribution in [0.2, 0.25) is 0 Å². The summed E-state index contributed by atoms with van der Waals surface area (Å²) in [5.74, 6) is 0.0888. The van der Waals surface area contributed by atoms with E-state index in [1.807, 2.05) is 45.0 Å². The summed E-state index contributed by atoms with van der Waals surface area (Å²) in [7, 11) is 0. The third kappa shape index (κ3) is 5.07. The topological polar surface area (TPSA) is 56.5 Å². The van der Waals surface area contributed by atoms with E-state index < -0.39 is 6.29 Å². The number of fused-ring (bicyclic) bond motifs is 1. The van der Waals surface area contributed by atoms with Crippen molar-refractivity contribution in [2.45, 2.75) is 34.0 Å². The highest BCUT2D eigenvalue weighted by atomic mass is 32.1. The van der Waals surface area contributed by atoms with E-state index in [0.717, 1.165) is 27.3 Å². The SMILES string of the molecule is C/C(N)=C(/S)CNc1ccc(-c2cc3c(cc2C)OC(F)(F)O3)cc1.CC. The zero-order chi connectivity index (χ0) is 20.2. The number of rotatable bonds is 4. The van der Waals surface area contributed by atoms with Gasteiger partial charge in [-0.05, 0) is 54.8 Å². The van der Waals surface area contributed by atoms with Crippen LogP contribution in [0.3, 0.4) is 0 Å². The van der Waals surface area contributed by atoms with Crippen molar-refractivity contribution in [3.05, 3.63) is 52.6 Å². The molecule has 3 rings (SSSR count). The maximum atomic E-state index is 13.2. The van der Waals surface area contributed by atoms with Gasteiger partial charge in [0.2, 0.25) is 0 Å². The number of hydrogen-bond donors (Lipinski definition) is 3. The molecule has 4 nitrogen and oxygen atoms in total. The van der Waals surface area contributed by atoms with Gasteiger partial charge in [0.25, 0.3) is 0 Å². The van der Waals surface area contributed by atoms with E-state index in [-0.39, 0.29) is 11.5 Å². The van der Waals surface area contributed by atoms with Gasteiger partial charge in [-0.15, -0.1) is 21.4 Å². The van der Waals surface area contributed by atoms with E-state index >= 15 is 0 Å². The van der Waals surface area contributed by atoms with Gasteiger partial charge >= 0.3 is 6.29 Å². The predicted molar refractivity (Wildman–Crippen MR) is 109 cm³/mol. The first-order valence-corrected chi connectivity index (χ1v) is 9.09. The largest absolute Gasteiger partial charge is 0.586 e. The molecular formula is C20H24F2N2O2S. The maximum Gasteiger partial charge on any atom is 0.586 e. The summed E-state index contributed by atoms with van der Waals surface area (Å²) in [6, 6.07) is 10.7. The molecule has 27 heavy (non-hydrogen) atoms. The fourth-order valence-corrected chi connectivity index (χ4v) is 2.58. The van der Waals surface area contributed by atoms with Gasteiger partial charge in [0.1, 0.15) is 0 Å². The Morgan fingerprint density at radius 1 is 1.11 bits per heavy atom. The highest BCUT2D eigenvalue weighted by Gasteiger charge is 2.43. The lowest BCUT2D eigenvalue weighted by molar-refractivity contribution is -0.286. The fraction of sp³-hybridized carbons (Fsp3) is 0.300. The third-order valence-corrected chi connectivity index (χ3v) is 4.37. The monoisotopic (exact) mass is 394 g/mol. The molecule has 1 aliphatic rings. The third-order valence-electron chi connectivity index (χ3n) is 3.86. The van der Waals surface area contributed by atoms with Crippen LogP contribution in [0.4, 0.5) is 14.5 Å². The number of halogens is 2. The van der Waals surface area contributed by atoms with E-state index in [9.17, 15) is 8.78 Å². The molecule has 0 atom stereocenters. The van der Waals surface area contributed by atoms with Crippen molar-refractivity contribution in [3.63, 3.8) is 0 Å². The van der Waals surface area contributed by atoms with Gasteiger partial charge in [-0.25, -0.2) is 0 Å². The van der Waals surface area contributed by atoms with Crippen LogP contribution < -0.4 is 20.5 Å². The van der Waals surface area contributed by atoms with Crippen molar-refractivity contribution >= 4 is 18.3 Å². The molecule has 0 aliphatic carbocycles. The Hall–Kier alpha value is -2.41. The Bertz CT molecular complexity index is 833. The minimum atomic E-state index is -3.61. The van der Waals surface area contributed by atoms with E-state index in [0.29, 0.717) is 12.2 Å². The predicted octanol–water partition coefficient (Wildman–Crippen LogP) is 5.54. The summed E-state index contributed by atoms with van der Waals surface area (Å²) < 4.78 is 35.4. The van der Waals surface area contributed by atoms with Crippen molar-refractivity contribution in [2.24, 2.45) is 5.73 Å². The van der Waals surface area contributed by atoms with Crippen LogP contribution in [0.15, 0.2) is 47.0 Å². The average molecular weight is 394 g/mol. The van der Waals surface area contributed by atoms with Crippen LogP contribution in [0.25, 0.3) is 11.1 Å². The molecule has 7 heteroatoms. The smallest absolute Gasteiger partial charge is 0.402 e. The molecule has 1 heterocycles. The second-order valence-electron chi connectivity index (χ2n) is 5.84. The van der Waals surface area contributed by atoms with E-state index in [1.54, 1.807) is 19.1 Å². The van der Waals surface area contributed by atoms with Crippen LogP contribution >= 0.6 is 12.6 Å². The Kier molecular flexibility index (Phi) is 6.59. The van der Waals surface area contributed by atoms with Crippen molar-refractivity contribution < 1.29 is 18.3 Å². The number of aryl methyl sites for hydroxylation is 1. The standard InChI is InChI=1S/C18H18F2N2O2S.C2H6/c1-10-7-15-16(24-18(19,20)23-15)8-14(10)12-3-5-13(6-4-12)22-9-17(25)11(2)21;1-2/h3-8,22,25H,9,21H2,1-2H3;1-2H3/b17-11-;. The fourth-order valence-electron chi connectivity index (χ4n) is 2.50. The van der Waals surface area contributed by atoms with Crippen LogP contribution in [-0.2, 0) is 0 Å². The van der Waals surface area contributed by atoms with Crippen molar-refractivity contribution in [1.29, 1.82) is 0 Å². The van der Waals surface area contributed by atoms with Crippen molar-refractivity contribution in [2.75, 3.05) is 11.9 Å². The Morgan fingerprint density at radius 2 is 1.67 bits per heavy atom. The minimum Gasteiger partial charge on any atom is -0.402 e. The summed E-state index contributed by atoms with van der Waals surface area (Å²) in [4.78, 5) is 0.775. The number of allylic oxidation sites excluding steroid dienone is 1. The van der Waals surface area contributed by atoms with E-state index in [2.05, 4.69) is 27.4 Å². The van der Waals surface area contributed by atoms with Crippen LogP contribution in [0.5, 0.6) is 11.5 Å². The van der Waals surface area contributed by atoms with Gasteiger partial charge in [0, 0.05) is 22.8 Å². The van der Waals surface area contributed by atoms with Crippen molar-refractivity contribution in [1.82, 2.24) is 0 Å². The summed E-state index contributed by atoms with van der Waals surface area (Å²) in [6.45, 7) is 8.16. The van der Waals surface area contributed by atoms with Crippen LogP contribution in [-0.4, -0.2) is 12.8 Å². The average Bonchev–Trinajstić information content (AvgIpc) is 2.93. The van der Waals surface area contributed by atoms with Crippen LogP contribution in [0, 0.1) is 6.92 Å². The zero-order valence-electron chi connectivity index (χ0n) is 15.8. The number of alkyl halides is 2. The Balaban J connectivity index is 0.00000126. The quantitative estimate of drug-likeness (QED) is 0.596. The second kappa shape index (κ2) is 8.52.